The van der Waals surface area contributed by atoms with E-state index in [1.165, 1.54) is 12.0 Å². The third-order valence-electron chi connectivity index (χ3n) is 2.66. The Morgan fingerprint density at radius 3 is 2.42 bits per heavy atom. The molecule has 0 aliphatic rings. The van der Waals surface area contributed by atoms with Crippen LogP contribution < -0.4 is 4.74 Å². The topological polar surface area (TPSA) is 66.8 Å². The third kappa shape index (κ3) is 3.98. The molecule has 1 amide bonds. The molecule has 104 valence electrons. The number of carbonyl (C=O) groups is 2. The first-order valence-corrected chi connectivity index (χ1v) is 5.93. The van der Waals surface area contributed by atoms with E-state index >= 15 is 0 Å². The van der Waals surface area contributed by atoms with E-state index in [0.717, 1.165) is 0 Å². The summed E-state index contributed by atoms with van der Waals surface area (Å²) in [6, 6.07) is 6.68. The molecule has 0 spiro atoms. The number of nitrogens with zero attached hydrogens (tertiary/aromatic N) is 1. The minimum Gasteiger partial charge on any atom is -0.497 e. The number of rotatable bonds is 4. The summed E-state index contributed by atoms with van der Waals surface area (Å²) in [6.07, 6.45) is 0. The molecule has 0 heterocycles. The highest BCUT2D eigenvalue weighted by atomic mass is 16.5. The molecule has 1 N–H and O–H groups in total. The maximum absolute atomic E-state index is 12.4. The minimum atomic E-state index is -1.04. The molecule has 5 nitrogen and oxygen atoms in total. The van der Waals surface area contributed by atoms with Gasteiger partial charge in [0.25, 0.3) is 5.91 Å². The van der Waals surface area contributed by atoms with Gasteiger partial charge in [0.15, 0.2) is 0 Å². The van der Waals surface area contributed by atoms with Crippen LogP contribution in [-0.2, 0) is 4.79 Å². The van der Waals surface area contributed by atoms with Gasteiger partial charge in [0.2, 0.25) is 0 Å². The number of hydrogen-bond donors (Lipinski definition) is 1. The molecule has 1 aromatic carbocycles. The number of carboxylic acid groups (broad SMARTS) is 1. The molecule has 0 bridgehead atoms. The number of carboxylic acids is 1. The van der Waals surface area contributed by atoms with Crippen LogP contribution in [0.25, 0.3) is 0 Å². The van der Waals surface area contributed by atoms with E-state index in [9.17, 15) is 9.59 Å². The standard InChI is InChI=1S/C14H19NO4/c1-14(2,3)15(9-12(16)17)13(18)10-6-5-7-11(8-10)19-4/h5-8H,9H2,1-4H3,(H,16,17). The van der Waals surface area contributed by atoms with Crippen molar-refractivity contribution >= 4 is 11.9 Å². The third-order valence-corrected chi connectivity index (χ3v) is 2.66. The number of methoxy groups -OCH3 is 1. The second-order valence-corrected chi connectivity index (χ2v) is 5.19. The van der Waals surface area contributed by atoms with Gasteiger partial charge < -0.3 is 14.7 Å². The van der Waals surface area contributed by atoms with E-state index in [4.69, 9.17) is 9.84 Å². The SMILES string of the molecule is COc1cccc(C(=O)N(CC(=O)O)C(C)(C)C)c1. The molecule has 0 saturated heterocycles. The van der Waals surface area contributed by atoms with Gasteiger partial charge in [-0.3, -0.25) is 9.59 Å². The molecule has 0 aliphatic heterocycles. The fourth-order valence-electron chi connectivity index (χ4n) is 1.66. The molecule has 0 radical (unpaired) electrons. The van der Waals surface area contributed by atoms with Crippen molar-refractivity contribution in [1.82, 2.24) is 4.90 Å². The fourth-order valence-corrected chi connectivity index (χ4v) is 1.66. The van der Waals surface area contributed by atoms with Crippen LogP contribution >= 0.6 is 0 Å². The molecule has 0 aromatic heterocycles. The molecule has 1 aromatic rings. The monoisotopic (exact) mass is 265 g/mol. The molecular weight excluding hydrogens is 246 g/mol. The highest BCUT2D eigenvalue weighted by Crippen LogP contribution is 2.19. The second kappa shape index (κ2) is 5.73. The van der Waals surface area contributed by atoms with Crippen molar-refractivity contribution in [3.8, 4) is 5.75 Å². The summed E-state index contributed by atoms with van der Waals surface area (Å²) in [5, 5.41) is 8.93. The van der Waals surface area contributed by atoms with Crippen molar-refractivity contribution in [2.45, 2.75) is 26.3 Å². The fraction of sp³-hybridized carbons (Fsp3) is 0.429. The molecular formula is C14H19NO4. The summed E-state index contributed by atoms with van der Waals surface area (Å²) < 4.78 is 5.06. The van der Waals surface area contributed by atoms with Gasteiger partial charge in [0, 0.05) is 11.1 Å². The lowest BCUT2D eigenvalue weighted by atomic mass is 10.0. The lowest BCUT2D eigenvalue weighted by molar-refractivity contribution is -0.138. The molecule has 0 unspecified atom stereocenters. The minimum absolute atomic E-state index is 0.325. The van der Waals surface area contributed by atoms with Crippen LogP contribution in [0.5, 0.6) is 5.75 Å². The van der Waals surface area contributed by atoms with Crippen LogP contribution in [-0.4, -0.2) is 41.1 Å². The zero-order chi connectivity index (χ0) is 14.6. The van der Waals surface area contributed by atoms with Gasteiger partial charge in [-0.25, -0.2) is 0 Å². The first-order chi connectivity index (χ1) is 8.75. The Bertz CT molecular complexity index is 477. The molecule has 1 rings (SSSR count). The van der Waals surface area contributed by atoms with E-state index < -0.39 is 11.5 Å². The Labute approximate surface area is 112 Å². The van der Waals surface area contributed by atoms with E-state index in [0.29, 0.717) is 11.3 Å². The maximum atomic E-state index is 12.4. The lowest BCUT2D eigenvalue weighted by Crippen LogP contribution is -2.48. The van der Waals surface area contributed by atoms with Crippen LogP contribution in [0.1, 0.15) is 31.1 Å². The Morgan fingerprint density at radius 1 is 1.32 bits per heavy atom. The smallest absolute Gasteiger partial charge is 0.323 e. The van der Waals surface area contributed by atoms with Crippen molar-refractivity contribution < 1.29 is 19.4 Å². The van der Waals surface area contributed by atoms with Gasteiger partial charge in [0.05, 0.1) is 7.11 Å². The number of aliphatic carboxylic acids is 1. The number of hydrogen-bond acceptors (Lipinski definition) is 3. The summed E-state index contributed by atoms with van der Waals surface area (Å²) in [5.41, 5.74) is -0.158. The van der Waals surface area contributed by atoms with Crippen LogP contribution in [0.2, 0.25) is 0 Å². The Balaban J connectivity index is 3.08. The summed E-state index contributed by atoms with van der Waals surface area (Å²) in [4.78, 5) is 24.6. The largest absolute Gasteiger partial charge is 0.497 e. The van der Waals surface area contributed by atoms with Crippen molar-refractivity contribution in [1.29, 1.82) is 0 Å². The summed E-state index contributed by atoms with van der Waals surface area (Å²) in [7, 11) is 1.52. The van der Waals surface area contributed by atoms with Gasteiger partial charge in [-0.05, 0) is 39.0 Å². The van der Waals surface area contributed by atoms with Gasteiger partial charge in [0.1, 0.15) is 12.3 Å². The Kier molecular flexibility index (Phi) is 4.53. The molecule has 0 saturated carbocycles. The van der Waals surface area contributed by atoms with E-state index in [1.807, 2.05) is 0 Å². The molecule has 19 heavy (non-hydrogen) atoms. The first kappa shape index (κ1) is 15.0. The van der Waals surface area contributed by atoms with Crippen molar-refractivity contribution in [2.75, 3.05) is 13.7 Å². The van der Waals surface area contributed by atoms with Crippen LogP contribution in [0.3, 0.4) is 0 Å². The number of amides is 1. The lowest BCUT2D eigenvalue weighted by Gasteiger charge is -2.34. The quantitative estimate of drug-likeness (QED) is 0.904. The normalized spacial score (nSPS) is 10.9. The predicted octanol–water partition coefficient (Wildman–Crippen LogP) is 2.02. The zero-order valence-corrected chi connectivity index (χ0v) is 11.6. The number of benzene rings is 1. The van der Waals surface area contributed by atoms with E-state index in [2.05, 4.69) is 0 Å². The van der Waals surface area contributed by atoms with E-state index in [1.54, 1.807) is 45.0 Å². The van der Waals surface area contributed by atoms with Crippen LogP contribution in [0.4, 0.5) is 0 Å². The van der Waals surface area contributed by atoms with Crippen LogP contribution in [0, 0.1) is 0 Å². The van der Waals surface area contributed by atoms with Crippen LogP contribution in [0.15, 0.2) is 24.3 Å². The predicted molar refractivity (Wildman–Crippen MR) is 71.4 cm³/mol. The van der Waals surface area contributed by atoms with Gasteiger partial charge >= 0.3 is 5.97 Å². The van der Waals surface area contributed by atoms with Crippen molar-refractivity contribution in [2.24, 2.45) is 0 Å². The Hall–Kier alpha value is -2.04. The highest BCUT2D eigenvalue weighted by molar-refractivity contribution is 5.96. The molecule has 0 fully saturated rings. The average molecular weight is 265 g/mol. The highest BCUT2D eigenvalue weighted by Gasteiger charge is 2.29. The summed E-state index contributed by atoms with van der Waals surface area (Å²) >= 11 is 0. The van der Waals surface area contributed by atoms with Gasteiger partial charge in [-0.2, -0.15) is 0 Å². The number of ether oxygens (including phenoxy) is 1. The van der Waals surface area contributed by atoms with Crippen molar-refractivity contribution in [3.05, 3.63) is 29.8 Å². The Morgan fingerprint density at radius 2 is 1.95 bits per heavy atom. The number of carbonyl (C=O) groups excluding carboxylic acids is 1. The molecule has 0 atom stereocenters. The zero-order valence-electron chi connectivity index (χ0n) is 11.6. The van der Waals surface area contributed by atoms with Gasteiger partial charge in [-0.1, -0.05) is 6.07 Å². The second-order valence-electron chi connectivity index (χ2n) is 5.19. The maximum Gasteiger partial charge on any atom is 0.323 e. The summed E-state index contributed by atoms with van der Waals surface area (Å²) in [5.74, 6) is -0.796. The van der Waals surface area contributed by atoms with E-state index in [-0.39, 0.29) is 12.5 Å². The molecule has 5 heteroatoms. The van der Waals surface area contributed by atoms with Gasteiger partial charge in [-0.15, -0.1) is 0 Å². The average Bonchev–Trinajstić information content (AvgIpc) is 2.33. The summed E-state index contributed by atoms with van der Waals surface area (Å²) in [6.45, 7) is 5.07. The molecule has 0 aliphatic carbocycles. The first-order valence-electron chi connectivity index (χ1n) is 5.93. The van der Waals surface area contributed by atoms with Crippen molar-refractivity contribution in [3.63, 3.8) is 0 Å².